The molecule has 92 valence electrons. The number of nitrogens with zero attached hydrogens (tertiary/aromatic N) is 1. The van der Waals surface area contributed by atoms with Crippen molar-refractivity contribution in [2.75, 3.05) is 6.61 Å². The topological polar surface area (TPSA) is 79.9 Å². The molecule has 0 fully saturated rings. The summed E-state index contributed by atoms with van der Waals surface area (Å²) in [4.78, 5) is 0. The second kappa shape index (κ2) is 6.41. The van der Waals surface area contributed by atoms with Crippen molar-refractivity contribution >= 4 is 39.5 Å². The Balaban J connectivity index is 2.93. The molecule has 7 heteroatoms. The van der Waals surface area contributed by atoms with Crippen LogP contribution in [0, 0.1) is 0 Å². The van der Waals surface area contributed by atoms with E-state index in [9.17, 15) is 5.11 Å². The fraction of sp³-hybridized carbons (Fsp3) is 0.200. The SMILES string of the molecule is CCOc1cc(/C=N\NC(N)=S)cc(Br)c1O. The summed E-state index contributed by atoms with van der Waals surface area (Å²) >= 11 is 7.83. The van der Waals surface area contributed by atoms with Gasteiger partial charge >= 0.3 is 0 Å². The summed E-state index contributed by atoms with van der Waals surface area (Å²) in [5, 5.41) is 13.6. The fourth-order valence-corrected chi connectivity index (χ4v) is 1.62. The monoisotopic (exact) mass is 317 g/mol. The molecule has 0 heterocycles. The van der Waals surface area contributed by atoms with Crippen LogP contribution in [0.2, 0.25) is 0 Å². The van der Waals surface area contributed by atoms with Crippen LogP contribution in [-0.2, 0) is 0 Å². The lowest BCUT2D eigenvalue weighted by Gasteiger charge is -2.08. The van der Waals surface area contributed by atoms with E-state index >= 15 is 0 Å². The van der Waals surface area contributed by atoms with Crippen molar-refractivity contribution in [2.45, 2.75) is 6.92 Å². The zero-order valence-electron chi connectivity index (χ0n) is 9.11. The molecule has 1 rings (SSSR count). The summed E-state index contributed by atoms with van der Waals surface area (Å²) in [5.41, 5.74) is 8.40. The standard InChI is InChI=1S/C10H12BrN3O2S/c1-2-16-8-4-6(3-7(11)9(8)15)5-13-14-10(12)17/h3-5,15H,2H2,1H3,(H3,12,14,17)/b13-5-. The first-order valence-electron chi connectivity index (χ1n) is 4.78. The summed E-state index contributed by atoms with van der Waals surface area (Å²) in [5.74, 6) is 0.449. The summed E-state index contributed by atoms with van der Waals surface area (Å²) in [6, 6.07) is 3.36. The lowest BCUT2D eigenvalue weighted by Crippen LogP contribution is -2.23. The first kappa shape index (κ1) is 13.7. The van der Waals surface area contributed by atoms with Crippen LogP contribution in [0.1, 0.15) is 12.5 Å². The van der Waals surface area contributed by atoms with Gasteiger partial charge in [0.25, 0.3) is 0 Å². The van der Waals surface area contributed by atoms with E-state index in [4.69, 9.17) is 10.5 Å². The highest BCUT2D eigenvalue weighted by Crippen LogP contribution is 2.34. The number of benzene rings is 1. The number of nitrogens with one attached hydrogen (secondary N) is 1. The van der Waals surface area contributed by atoms with E-state index < -0.39 is 0 Å². The highest BCUT2D eigenvalue weighted by molar-refractivity contribution is 9.10. The molecule has 0 aliphatic carbocycles. The maximum atomic E-state index is 9.69. The van der Waals surface area contributed by atoms with Crippen LogP contribution in [0.3, 0.4) is 0 Å². The molecule has 1 aromatic rings. The third-order valence-electron chi connectivity index (χ3n) is 1.74. The van der Waals surface area contributed by atoms with Gasteiger partial charge in [-0.25, -0.2) is 0 Å². The highest BCUT2D eigenvalue weighted by atomic mass is 79.9. The molecule has 0 aliphatic heterocycles. The van der Waals surface area contributed by atoms with Crippen LogP contribution in [0.15, 0.2) is 21.7 Å². The Kier molecular flexibility index (Phi) is 5.17. The summed E-state index contributed by atoms with van der Waals surface area (Å²) < 4.78 is 5.80. The number of ether oxygens (including phenoxy) is 1. The van der Waals surface area contributed by atoms with E-state index in [0.717, 1.165) is 5.56 Å². The molecule has 0 spiro atoms. The number of rotatable bonds is 4. The molecule has 4 N–H and O–H groups in total. The van der Waals surface area contributed by atoms with Gasteiger partial charge in [-0.1, -0.05) is 0 Å². The summed E-state index contributed by atoms with van der Waals surface area (Å²) in [6.07, 6.45) is 1.52. The van der Waals surface area contributed by atoms with E-state index in [0.29, 0.717) is 16.8 Å². The number of halogens is 1. The van der Waals surface area contributed by atoms with Crippen LogP contribution < -0.4 is 15.9 Å². The van der Waals surface area contributed by atoms with Crippen molar-refractivity contribution in [2.24, 2.45) is 10.8 Å². The van der Waals surface area contributed by atoms with Gasteiger partial charge < -0.3 is 15.6 Å². The largest absolute Gasteiger partial charge is 0.503 e. The molecule has 0 saturated carbocycles. The second-order valence-corrected chi connectivity index (χ2v) is 4.31. The average molecular weight is 318 g/mol. The molecular weight excluding hydrogens is 306 g/mol. The first-order valence-corrected chi connectivity index (χ1v) is 5.98. The number of thiocarbonyl (C=S) groups is 1. The third-order valence-corrected chi connectivity index (χ3v) is 2.43. The molecule has 0 aliphatic rings. The lowest BCUT2D eigenvalue weighted by atomic mass is 10.2. The van der Waals surface area contributed by atoms with Gasteiger partial charge in [0.05, 0.1) is 17.3 Å². The van der Waals surface area contributed by atoms with E-state index in [2.05, 4.69) is 38.7 Å². The van der Waals surface area contributed by atoms with Crippen LogP contribution in [0.5, 0.6) is 11.5 Å². The van der Waals surface area contributed by atoms with Gasteiger partial charge in [-0.15, -0.1) is 0 Å². The van der Waals surface area contributed by atoms with Crippen LogP contribution in [0.4, 0.5) is 0 Å². The molecule has 1 aromatic carbocycles. The first-order chi connectivity index (χ1) is 8.04. The van der Waals surface area contributed by atoms with Gasteiger partial charge in [-0.3, -0.25) is 5.43 Å². The minimum absolute atomic E-state index is 0.0614. The number of phenolic OH excluding ortho intramolecular Hbond substituents is 1. The molecule has 5 nitrogen and oxygen atoms in total. The molecule has 0 atom stereocenters. The minimum Gasteiger partial charge on any atom is -0.503 e. The normalized spacial score (nSPS) is 10.5. The Labute approximate surface area is 113 Å². The molecule has 0 radical (unpaired) electrons. The smallest absolute Gasteiger partial charge is 0.184 e. The number of hydrogen-bond donors (Lipinski definition) is 3. The maximum absolute atomic E-state index is 9.69. The number of nitrogens with two attached hydrogens (primary N) is 1. The van der Waals surface area contributed by atoms with E-state index in [1.54, 1.807) is 12.1 Å². The molecular formula is C10H12BrN3O2S. The molecule has 0 amide bonds. The molecule has 17 heavy (non-hydrogen) atoms. The molecule has 0 saturated heterocycles. The van der Waals surface area contributed by atoms with Gasteiger partial charge in [0.1, 0.15) is 0 Å². The average Bonchev–Trinajstić information content (AvgIpc) is 2.25. The predicted octanol–water partition coefficient (Wildman–Crippen LogP) is 1.72. The number of hydrogen-bond acceptors (Lipinski definition) is 4. The molecule has 0 aromatic heterocycles. The van der Waals surface area contributed by atoms with Gasteiger partial charge in [-0.2, -0.15) is 5.10 Å². The zero-order valence-corrected chi connectivity index (χ0v) is 11.5. The summed E-state index contributed by atoms with van der Waals surface area (Å²) in [7, 11) is 0. The van der Waals surface area contributed by atoms with Crippen LogP contribution in [-0.4, -0.2) is 23.0 Å². The quantitative estimate of drug-likeness (QED) is 0.447. The van der Waals surface area contributed by atoms with Crippen molar-refractivity contribution in [3.05, 3.63) is 22.2 Å². The number of phenols is 1. The third kappa shape index (κ3) is 4.20. The number of hydrazone groups is 1. The second-order valence-electron chi connectivity index (χ2n) is 3.02. The van der Waals surface area contributed by atoms with Gasteiger partial charge in [0.2, 0.25) is 0 Å². The number of aromatic hydroxyl groups is 1. The Bertz CT molecular complexity index is 451. The van der Waals surface area contributed by atoms with Crippen molar-refractivity contribution in [1.82, 2.24) is 5.43 Å². The van der Waals surface area contributed by atoms with Gasteiger partial charge in [-0.05, 0) is 52.8 Å². The lowest BCUT2D eigenvalue weighted by molar-refractivity contribution is 0.317. The van der Waals surface area contributed by atoms with E-state index in [1.807, 2.05) is 6.92 Å². The highest BCUT2D eigenvalue weighted by Gasteiger charge is 2.08. The maximum Gasteiger partial charge on any atom is 0.184 e. The van der Waals surface area contributed by atoms with E-state index in [1.165, 1.54) is 6.21 Å². The minimum atomic E-state index is 0.0614. The fourth-order valence-electron chi connectivity index (χ4n) is 1.10. The predicted molar refractivity (Wildman–Crippen MR) is 74.5 cm³/mol. The van der Waals surface area contributed by atoms with Crippen molar-refractivity contribution in [3.8, 4) is 11.5 Å². The Morgan fingerprint density at radius 2 is 2.41 bits per heavy atom. The molecule has 0 bridgehead atoms. The van der Waals surface area contributed by atoms with E-state index in [-0.39, 0.29) is 10.9 Å². The van der Waals surface area contributed by atoms with Gasteiger partial charge in [0.15, 0.2) is 16.6 Å². The Morgan fingerprint density at radius 3 is 3.00 bits per heavy atom. The Hall–Kier alpha value is -1.34. The zero-order chi connectivity index (χ0) is 12.8. The van der Waals surface area contributed by atoms with Crippen molar-refractivity contribution in [3.63, 3.8) is 0 Å². The van der Waals surface area contributed by atoms with Crippen molar-refractivity contribution in [1.29, 1.82) is 0 Å². The van der Waals surface area contributed by atoms with Gasteiger partial charge in [0, 0.05) is 0 Å². The van der Waals surface area contributed by atoms with Crippen LogP contribution in [0.25, 0.3) is 0 Å². The van der Waals surface area contributed by atoms with Crippen molar-refractivity contribution < 1.29 is 9.84 Å². The van der Waals surface area contributed by atoms with Crippen LogP contribution >= 0.6 is 28.1 Å². The molecule has 0 unspecified atom stereocenters. The Morgan fingerprint density at radius 1 is 1.71 bits per heavy atom. The summed E-state index contributed by atoms with van der Waals surface area (Å²) in [6.45, 7) is 2.30.